The van der Waals surface area contributed by atoms with E-state index in [9.17, 15) is 10.1 Å². The molecule has 0 spiro atoms. The number of aromatic nitrogens is 2. The number of aryl methyl sites for hydroxylation is 1. The van der Waals surface area contributed by atoms with Gasteiger partial charge >= 0.3 is 5.97 Å². The number of ether oxygens (including phenoxy) is 1. The average molecular weight is 288 g/mol. The van der Waals surface area contributed by atoms with Crippen LogP contribution in [0.3, 0.4) is 0 Å². The van der Waals surface area contributed by atoms with Crippen molar-refractivity contribution in [2.75, 3.05) is 24.6 Å². The highest BCUT2D eigenvalue weighted by atomic mass is 16.5. The summed E-state index contributed by atoms with van der Waals surface area (Å²) in [6, 6.07) is 2.20. The molecule has 6 nitrogen and oxygen atoms in total. The van der Waals surface area contributed by atoms with Crippen molar-refractivity contribution in [2.24, 2.45) is 5.41 Å². The number of hydrogen-bond acceptors (Lipinski definition) is 6. The maximum absolute atomic E-state index is 12.1. The van der Waals surface area contributed by atoms with E-state index in [1.54, 1.807) is 6.92 Å². The molecule has 112 valence electrons. The Labute approximate surface area is 124 Å². The summed E-state index contributed by atoms with van der Waals surface area (Å²) < 4.78 is 5.15. The van der Waals surface area contributed by atoms with E-state index >= 15 is 0 Å². The van der Waals surface area contributed by atoms with Gasteiger partial charge in [0.15, 0.2) is 5.82 Å². The fraction of sp³-hybridized carbons (Fsp3) is 0.600. The highest BCUT2D eigenvalue weighted by molar-refractivity contribution is 5.78. The van der Waals surface area contributed by atoms with Crippen molar-refractivity contribution in [1.82, 2.24) is 10.2 Å². The van der Waals surface area contributed by atoms with Crippen LogP contribution >= 0.6 is 0 Å². The molecule has 1 aliphatic rings. The summed E-state index contributed by atoms with van der Waals surface area (Å²) in [5.41, 5.74) is 1.58. The van der Waals surface area contributed by atoms with Gasteiger partial charge in [0.2, 0.25) is 0 Å². The maximum atomic E-state index is 12.1. The van der Waals surface area contributed by atoms with E-state index in [1.165, 1.54) is 0 Å². The number of carbonyl (C=O) groups excluding carboxylic acids is 1. The average Bonchev–Trinajstić information content (AvgIpc) is 2.86. The number of hydrogen-bond donors (Lipinski definition) is 0. The van der Waals surface area contributed by atoms with Gasteiger partial charge in [-0.1, -0.05) is 0 Å². The topological polar surface area (TPSA) is 79.1 Å². The second-order valence-corrected chi connectivity index (χ2v) is 5.67. The molecule has 2 heterocycles. The third kappa shape index (κ3) is 2.68. The van der Waals surface area contributed by atoms with Crippen LogP contribution in [0.5, 0.6) is 0 Å². The summed E-state index contributed by atoms with van der Waals surface area (Å²) >= 11 is 0. The SMILES string of the molecule is CCOC(=O)C1(C)CCN(c2nnc(C)c(C)c2C#N)C1. The van der Waals surface area contributed by atoms with Crippen molar-refractivity contribution < 1.29 is 9.53 Å². The molecule has 0 radical (unpaired) electrons. The standard InChI is InChI=1S/C15H20N4O2/c1-5-21-14(20)15(4)6-7-19(9-15)13-12(8-16)10(2)11(3)17-18-13/h5-7,9H2,1-4H3. The zero-order valence-corrected chi connectivity index (χ0v) is 12.9. The van der Waals surface area contributed by atoms with Crippen LogP contribution in [0.2, 0.25) is 0 Å². The summed E-state index contributed by atoms with van der Waals surface area (Å²) in [7, 11) is 0. The lowest BCUT2D eigenvalue weighted by Crippen LogP contribution is -2.34. The van der Waals surface area contributed by atoms with Crippen molar-refractivity contribution in [3.63, 3.8) is 0 Å². The van der Waals surface area contributed by atoms with Crippen molar-refractivity contribution >= 4 is 11.8 Å². The minimum atomic E-state index is -0.552. The Balaban J connectivity index is 2.29. The van der Waals surface area contributed by atoms with Crippen LogP contribution in [0, 0.1) is 30.6 Å². The van der Waals surface area contributed by atoms with Gasteiger partial charge in [-0.2, -0.15) is 10.4 Å². The van der Waals surface area contributed by atoms with Gasteiger partial charge in [0.1, 0.15) is 11.6 Å². The molecule has 0 amide bonds. The molecule has 1 aliphatic heterocycles. The molecule has 21 heavy (non-hydrogen) atoms. The Morgan fingerprint density at radius 2 is 2.19 bits per heavy atom. The van der Waals surface area contributed by atoms with Gasteiger partial charge in [0.05, 0.1) is 17.7 Å². The first-order chi connectivity index (χ1) is 9.92. The van der Waals surface area contributed by atoms with E-state index in [-0.39, 0.29) is 5.97 Å². The summed E-state index contributed by atoms with van der Waals surface area (Å²) in [4.78, 5) is 14.0. The minimum Gasteiger partial charge on any atom is -0.466 e. The maximum Gasteiger partial charge on any atom is 0.313 e. The molecule has 0 aromatic carbocycles. The number of carbonyl (C=O) groups is 1. The molecule has 1 aromatic heterocycles. The van der Waals surface area contributed by atoms with Crippen molar-refractivity contribution in [3.8, 4) is 6.07 Å². The zero-order valence-electron chi connectivity index (χ0n) is 12.9. The van der Waals surface area contributed by atoms with E-state index in [0.29, 0.717) is 37.5 Å². The number of nitriles is 1. The van der Waals surface area contributed by atoms with Gasteiger partial charge in [0.25, 0.3) is 0 Å². The minimum absolute atomic E-state index is 0.192. The largest absolute Gasteiger partial charge is 0.466 e. The predicted octanol–water partition coefficient (Wildman–Crippen LogP) is 1.74. The molecule has 0 aliphatic carbocycles. The van der Waals surface area contributed by atoms with Gasteiger partial charge < -0.3 is 9.64 Å². The fourth-order valence-electron chi connectivity index (χ4n) is 2.56. The van der Waals surface area contributed by atoms with Gasteiger partial charge in [-0.15, -0.1) is 5.10 Å². The fourth-order valence-corrected chi connectivity index (χ4v) is 2.56. The number of rotatable bonds is 3. The van der Waals surface area contributed by atoms with Crippen molar-refractivity contribution in [1.29, 1.82) is 5.26 Å². The first-order valence-electron chi connectivity index (χ1n) is 7.09. The molecular formula is C15H20N4O2. The number of nitrogens with zero attached hydrogens (tertiary/aromatic N) is 4. The lowest BCUT2D eigenvalue weighted by molar-refractivity contribution is -0.153. The van der Waals surface area contributed by atoms with Crippen LogP contribution in [-0.2, 0) is 9.53 Å². The summed E-state index contributed by atoms with van der Waals surface area (Å²) in [6.07, 6.45) is 0.686. The van der Waals surface area contributed by atoms with E-state index in [1.807, 2.05) is 25.7 Å². The molecule has 1 fully saturated rings. The monoisotopic (exact) mass is 288 g/mol. The summed E-state index contributed by atoms with van der Waals surface area (Å²) in [5, 5.41) is 17.6. The second kappa shape index (κ2) is 5.68. The first kappa shape index (κ1) is 15.2. The Kier molecular flexibility index (Phi) is 4.12. The number of esters is 1. The highest BCUT2D eigenvalue weighted by Crippen LogP contribution is 2.35. The van der Waals surface area contributed by atoms with Gasteiger partial charge in [-0.25, -0.2) is 0 Å². The van der Waals surface area contributed by atoms with E-state index in [4.69, 9.17) is 4.74 Å². The summed E-state index contributed by atoms with van der Waals surface area (Å²) in [5.74, 6) is 0.372. The molecule has 0 N–H and O–H groups in total. The van der Waals surface area contributed by atoms with Crippen LogP contribution < -0.4 is 4.90 Å². The van der Waals surface area contributed by atoms with E-state index in [0.717, 1.165) is 11.3 Å². The first-order valence-corrected chi connectivity index (χ1v) is 7.09. The normalized spacial score (nSPS) is 21.2. The second-order valence-electron chi connectivity index (χ2n) is 5.67. The molecule has 1 unspecified atom stereocenters. The molecule has 0 saturated carbocycles. The predicted molar refractivity (Wildman–Crippen MR) is 77.8 cm³/mol. The van der Waals surface area contributed by atoms with Gasteiger partial charge in [0, 0.05) is 13.1 Å². The molecule has 1 saturated heterocycles. The Morgan fingerprint density at radius 3 is 2.81 bits per heavy atom. The summed E-state index contributed by atoms with van der Waals surface area (Å²) in [6.45, 7) is 8.94. The smallest absolute Gasteiger partial charge is 0.313 e. The molecule has 0 bridgehead atoms. The lowest BCUT2D eigenvalue weighted by Gasteiger charge is -2.23. The Morgan fingerprint density at radius 1 is 1.48 bits per heavy atom. The van der Waals surface area contributed by atoms with Crippen LogP contribution in [0.15, 0.2) is 0 Å². The highest BCUT2D eigenvalue weighted by Gasteiger charge is 2.42. The van der Waals surface area contributed by atoms with Gasteiger partial charge in [-0.3, -0.25) is 4.79 Å². The van der Waals surface area contributed by atoms with Crippen LogP contribution in [-0.4, -0.2) is 35.9 Å². The van der Waals surface area contributed by atoms with Crippen LogP contribution in [0.25, 0.3) is 0 Å². The quantitative estimate of drug-likeness (QED) is 0.788. The van der Waals surface area contributed by atoms with Crippen LogP contribution in [0.4, 0.5) is 5.82 Å². The molecular weight excluding hydrogens is 268 g/mol. The zero-order chi connectivity index (χ0) is 15.6. The number of anilines is 1. The molecule has 1 atom stereocenters. The van der Waals surface area contributed by atoms with Gasteiger partial charge in [-0.05, 0) is 39.7 Å². The third-order valence-electron chi connectivity index (χ3n) is 4.09. The lowest BCUT2D eigenvalue weighted by atomic mass is 9.90. The van der Waals surface area contributed by atoms with Crippen molar-refractivity contribution in [3.05, 3.63) is 16.8 Å². The Hall–Kier alpha value is -2.16. The van der Waals surface area contributed by atoms with E-state index < -0.39 is 5.41 Å². The van der Waals surface area contributed by atoms with Crippen LogP contribution in [0.1, 0.15) is 37.1 Å². The Bertz CT molecular complexity index is 608. The third-order valence-corrected chi connectivity index (χ3v) is 4.09. The molecule has 6 heteroatoms. The van der Waals surface area contributed by atoms with Crippen molar-refractivity contribution in [2.45, 2.75) is 34.1 Å². The molecule has 2 rings (SSSR count). The molecule has 1 aromatic rings. The van der Waals surface area contributed by atoms with E-state index in [2.05, 4.69) is 16.3 Å².